The summed E-state index contributed by atoms with van der Waals surface area (Å²) in [6.07, 6.45) is 3.78. The van der Waals surface area contributed by atoms with Gasteiger partial charge in [0.25, 0.3) is 0 Å². The second kappa shape index (κ2) is 6.90. The molecule has 1 atom stereocenters. The predicted octanol–water partition coefficient (Wildman–Crippen LogP) is 0.452. The van der Waals surface area contributed by atoms with Crippen molar-refractivity contribution in [2.24, 2.45) is 0 Å². The maximum Gasteiger partial charge on any atom is 0.488 e. The van der Waals surface area contributed by atoms with Crippen LogP contribution < -0.4 is 5.46 Å². The standard InChI is InChI=1S/C13H19BO4/c15-14(16)12-6-2-1-5-11(12)8-10-18-13-7-3-4-9-17-13/h1-2,5-6,13,15-16H,3-4,7-10H2. The minimum absolute atomic E-state index is 0.0926. The highest BCUT2D eigenvalue weighted by Gasteiger charge is 2.16. The van der Waals surface area contributed by atoms with Crippen LogP contribution in [0.3, 0.4) is 0 Å². The molecule has 98 valence electrons. The highest BCUT2D eigenvalue weighted by molar-refractivity contribution is 6.59. The summed E-state index contributed by atoms with van der Waals surface area (Å²) in [6.45, 7) is 1.31. The molecule has 1 aromatic rings. The fourth-order valence-corrected chi connectivity index (χ4v) is 2.16. The van der Waals surface area contributed by atoms with Gasteiger partial charge in [0.15, 0.2) is 6.29 Å². The van der Waals surface area contributed by atoms with Crippen LogP contribution in [0.15, 0.2) is 24.3 Å². The van der Waals surface area contributed by atoms with Crippen molar-refractivity contribution in [2.45, 2.75) is 32.0 Å². The molecular formula is C13H19BO4. The largest absolute Gasteiger partial charge is 0.488 e. The second-order valence-corrected chi connectivity index (χ2v) is 4.49. The molecule has 2 N–H and O–H groups in total. The average molecular weight is 250 g/mol. The monoisotopic (exact) mass is 250 g/mol. The molecule has 0 bridgehead atoms. The summed E-state index contributed by atoms with van der Waals surface area (Å²) in [5, 5.41) is 18.5. The molecule has 1 fully saturated rings. The van der Waals surface area contributed by atoms with E-state index in [0.29, 0.717) is 18.5 Å². The number of benzene rings is 1. The van der Waals surface area contributed by atoms with Crippen molar-refractivity contribution < 1.29 is 19.5 Å². The van der Waals surface area contributed by atoms with E-state index in [4.69, 9.17) is 9.47 Å². The maximum absolute atomic E-state index is 9.24. The van der Waals surface area contributed by atoms with Crippen LogP contribution in [0.2, 0.25) is 0 Å². The zero-order valence-corrected chi connectivity index (χ0v) is 10.4. The summed E-state index contributed by atoms with van der Waals surface area (Å²) in [6, 6.07) is 7.29. The van der Waals surface area contributed by atoms with Crippen molar-refractivity contribution in [2.75, 3.05) is 13.2 Å². The number of hydrogen-bond acceptors (Lipinski definition) is 4. The van der Waals surface area contributed by atoms with E-state index in [0.717, 1.165) is 31.4 Å². The SMILES string of the molecule is OB(O)c1ccccc1CCOC1CCCCO1. The van der Waals surface area contributed by atoms with E-state index in [1.165, 1.54) is 0 Å². The van der Waals surface area contributed by atoms with E-state index < -0.39 is 7.12 Å². The van der Waals surface area contributed by atoms with Gasteiger partial charge in [-0.05, 0) is 36.7 Å². The van der Waals surface area contributed by atoms with Gasteiger partial charge in [0.2, 0.25) is 0 Å². The van der Waals surface area contributed by atoms with Gasteiger partial charge >= 0.3 is 7.12 Å². The third kappa shape index (κ3) is 3.81. The topological polar surface area (TPSA) is 58.9 Å². The Kier molecular flexibility index (Phi) is 5.19. The third-order valence-electron chi connectivity index (χ3n) is 3.15. The lowest BCUT2D eigenvalue weighted by Gasteiger charge is -2.22. The van der Waals surface area contributed by atoms with Crippen molar-refractivity contribution in [3.05, 3.63) is 29.8 Å². The minimum atomic E-state index is -1.42. The van der Waals surface area contributed by atoms with E-state index in [1.54, 1.807) is 12.1 Å². The molecule has 0 saturated carbocycles. The van der Waals surface area contributed by atoms with E-state index in [2.05, 4.69) is 0 Å². The highest BCUT2D eigenvalue weighted by atomic mass is 16.7. The van der Waals surface area contributed by atoms with Crippen LogP contribution in [-0.4, -0.2) is 36.7 Å². The Morgan fingerprint density at radius 1 is 1.28 bits per heavy atom. The maximum atomic E-state index is 9.24. The highest BCUT2D eigenvalue weighted by Crippen LogP contribution is 2.13. The van der Waals surface area contributed by atoms with Crippen molar-refractivity contribution in [1.82, 2.24) is 0 Å². The molecule has 0 radical (unpaired) electrons. The fraction of sp³-hybridized carbons (Fsp3) is 0.538. The van der Waals surface area contributed by atoms with Gasteiger partial charge in [-0.2, -0.15) is 0 Å². The quantitative estimate of drug-likeness (QED) is 0.745. The first-order valence-corrected chi connectivity index (χ1v) is 6.44. The second-order valence-electron chi connectivity index (χ2n) is 4.49. The summed E-state index contributed by atoms with van der Waals surface area (Å²) in [4.78, 5) is 0. The molecule has 0 aromatic heterocycles. The molecule has 1 aromatic carbocycles. The van der Waals surface area contributed by atoms with Gasteiger partial charge in [-0.1, -0.05) is 24.3 Å². The van der Waals surface area contributed by atoms with E-state index in [9.17, 15) is 10.0 Å². The summed E-state index contributed by atoms with van der Waals surface area (Å²) in [5.41, 5.74) is 1.45. The molecule has 4 nitrogen and oxygen atoms in total. The first-order valence-electron chi connectivity index (χ1n) is 6.44. The Balaban J connectivity index is 1.82. The number of rotatable bonds is 5. The molecule has 1 saturated heterocycles. The first kappa shape index (κ1) is 13.6. The lowest BCUT2D eigenvalue weighted by Crippen LogP contribution is -2.33. The predicted molar refractivity (Wildman–Crippen MR) is 69.5 cm³/mol. The van der Waals surface area contributed by atoms with Crippen LogP contribution in [0, 0.1) is 0 Å². The lowest BCUT2D eigenvalue weighted by atomic mass is 9.76. The van der Waals surface area contributed by atoms with Crippen molar-refractivity contribution in [3.8, 4) is 0 Å². The zero-order chi connectivity index (χ0) is 12.8. The molecule has 1 heterocycles. The first-order chi connectivity index (χ1) is 8.77. The Hall–Kier alpha value is -0.875. The van der Waals surface area contributed by atoms with Crippen LogP contribution in [0.25, 0.3) is 0 Å². The number of ether oxygens (including phenoxy) is 2. The Bertz CT molecular complexity index is 364. The zero-order valence-electron chi connectivity index (χ0n) is 10.4. The summed E-state index contributed by atoms with van der Waals surface area (Å²) in [7, 11) is -1.42. The van der Waals surface area contributed by atoms with Crippen LogP contribution >= 0.6 is 0 Å². The molecule has 2 rings (SSSR count). The molecule has 5 heteroatoms. The minimum Gasteiger partial charge on any atom is -0.423 e. The molecule has 0 spiro atoms. The van der Waals surface area contributed by atoms with Crippen molar-refractivity contribution in [1.29, 1.82) is 0 Å². The van der Waals surface area contributed by atoms with E-state index in [1.807, 2.05) is 12.1 Å². The molecule has 1 aliphatic rings. The van der Waals surface area contributed by atoms with Gasteiger partial charge in [-0.15, -0.1) is 0 Å². The Morgan fingerprint density at radius 2 is 2.11 bits per heavy atom. The Morgan fingerprint density at radius 3 is 2.83 bits per heavy atom. The van der Waals surface area contributed by atoms with Gasteiger partial charge in [0, 0.05) is 6.61 Å². The van der Waals surface area contributed by atoms with Gasteiger partial charge in [0.05, 0.1) is 6.61 Å². The molecule has 1 unspecified atom stereocenters. The summed E-state index contributed by atoms with van der Waals surface area (Å²) < 4.78 is 11.1. The fourth-order valence-electron chi connectivity index (χ4n) is 2.16. The lowest BCUT2D eigenvalue weighted by molar-refractivity contribution is -0.161. The number of hydrogen-bond donors (Lipinski definition) is 2. The van der Waals surface area contributed by atoms with Crippen molar-refractivity contribution in [3.63, 3.8) is 0 Å². The summed E-state index contributed by atoms with van der Waals surface area (Å²) in [5.74, 6) is 0. The molecule has 1 aliphatic heterocycles. The van der Waals surface area contributed by atoms with E-state index in [-0.39, 0.29) is 6.29 Å². The summed E-state index contributed by atoms with van der Waals surface area (Å²) >= 11 is 0. The third-order valence-corrected chi connectivity index (χ3v) is 3.15. The van der Waals surface area contributed by atoms with Crippen LogP contribution in [0.1, 0.15) is 24.8 Å². The Labute approximate surface area is 108 Å². The molecule has 18 heavy (non-hydrogen) atoms. The average Bonchev–Trinajstić information content (AvgIpc) is 2.40. The van der Waals surface area contributed by atoms with Crippen LogP contribution in [0.5, 0.6) is 0 Å². The van der Waals surface area contributed by atoms with Gasteiger partial charge in [-0.25, -0.2) is 0 Å². The molecule has 0 amide bonds. The molecule has 0 aliphatic carbocycles. The van der Waals surface area contributed by atoms with Crippen LogP contribution in [-0.2, 0) is 15.9 Å². The van der Waals surface area contributed by atoms with Gasteiger partial charge < -0.3 is 19.5 Å². The smallest absolute Gasteiger partial charge is 0.423 e. The van der Waals surface area contributed by atoms with Gasteiger partial charge in [0.1, 0.15) is 0 Å². The normalized spacial score (nSPS) is 19.8. The van der Waals surface area contributed by atoms with E-state index >= 15 is 0 Å². The van der Waals surface area contributed by atoms with Crippen molar-refractivity contribution >= 4 is 12.6 Å². The van der Waals surface area contributed by atoms with Gasteiger partial charge in [-0.3, -0.25) is 0 Å². The van der Waals surface area contributed by atoms with Crippen LogP contribution in [0.4, 0.5) is 0 Å². The molecular weight excluding hydrogens is 231 g/mol.